The van der Waals surface area contributed by atoms with Gasteiger partial charge in [0.2, 0.25) is 0 Å². The van der Waals surface area contributed by atoms with Crippen LogP contribution in [-0.4, -0.2) is 46.4 Å². The molecule has 1 N–H and O–H groups in total. The lowest BCUT2D eigenvalue weighted by Crippen LogP contribution is -2.39. The fourth-order valence-corrected chi connectivity index (χ4v) is 2.67. The molecule has 1 fully saturated rings. The molecule has 0 bridgehead atoms. The third kappa shape index (κ3) is 3.48. The highest BCUT2D eigenvalue weighted by Crippen LogP contribution is 2.25. The number of methoxy groups -OCH3 is 1. The molecule has 8 nitrogen and oxygen atoms in total. The predicted molar refractivity (Wildman–Crippen MR) is 80.8 cm³/mol. The summed E-state index contributed by atoms with van der Waals surface area (Å²) in [7, 11) is 1.57. The first-order valence-corrected chi connectivity index (χ1v) is 7.43. The van der Waals surface area contributed by atoms with Crippen LogP contribution in [0.1, 0.15) is 18.7 Å². The van der Waals surface area contributed by atoms with E-state index in [1.54, 1.807) is 19.4 Å². The summed E-state index contributed by atoms with van der Waals surface area (Å²) in [6, 6.07) is 3.63. The molecule has 0 aromatic carbocycles. The molecule has 3 rings (SSSR count). The van der Waals surface area contributed by atoms with E-state index < -0.39 is 5.97 Å². The number of aliphatic carboxylic acids is 1. The molecule has 8 heteroatoms. The van der Waals surface area contributed by atoms with Gasteiger partial charge in [-0.05, 0) is 25.0 Å². The summed E-state index contributed by atoms with van der Waals surface area (Å²) in [4.78, 5) is 21.8. The third-order valence-corrected chi connectivity index (χ3v) is 3.83. The summed E-state index contributed by atoms with van der Waals surface area (Å²) in [6.45, 7) is 1.54. The van der Waals surface area contributed by atoms with Crippen molar-refractivity contribution in [3.05, 3.63) is 24.2 Å². The van der Waals surface area contributed by atoms with Crippen LogP contribution in [0.25, 0.3) is 11.5 Å². The zero-order chi connectivity index (χ0) is 16.2. The van der Waals surface area contributed by atoms with Gasteiger partial charge in [-0.15, -0.1) is 0 Å². The highest BCUT2D eigenvalue weighted by atomic mass is 16.5. The number of aromatic nitrogens is 3. The summed E-state index contributed by atoms with van der Waals surface area (Å²) >= 11 is 0. The molecule has 3 heterocycles. The van der Waals surface area contributed by atoms with E-state index in [0.717, 1.165) is 24.3 Å². The van der Waals surface area contributed by atoms with Crippen molar-refractivity contribution in [1.82, 2.24) is 15.1 Å². The average molecular weight is 318 g/mol. The van der Waals surface area contributed by atoms with Crippen molar-refractivity contribution in [3.8, 4) is 11.5 Å². The van der Waals surface area contributed by atoms with Crippen LogP contribution in [0.2, 0.25) is 0 Å². The van der Waals surface area contributed by atoms with Gasteiger partial charge in [0.1, 0.15) is 12.4 Å². The van der Waals surface area contributed by atoms with Crippen LogP contribution >= 0.6 is 0 Å². The first-order chi connectivity index (χ1) is 11.2. The van der Waals surface area contributed by atoms with Gasteiger partial charge in [-0.2, -0.15) is 4.98 Å². The second-order valence-corrected chi connectivity index (χ2v) is 5.47. The summed E-state index contributed by atoms with van der Waals surface area (Å²) < 4.78 is 10.2. The summed E-state index contributed by atoms with van der Waals surface area (Å²) in [5.74, 6) is 0.482. The fourth-order valence-electron chi connectivity index (χ4n) is 2.67. The maximum absolute atomic E-state index is 11.2. The molecular formula is C15H18N4O4. The Hall–Kier alpha value is -2.48. The quantitative estimate of drug-likeness (QED) is 0.886. The topological polar surface area (TPSA) is 102 Å². The molecule has 1 atom stereocenters. The maximum atomic E-state index is 11.2. The van der Waals surface area contributed by atoms with Crippen molar-refractivity contribution in [2.75, 3.05) is 25.1 Å². The summed E-state index contributed by atoms with van der Waals surface area (Å²) in [5, 5.41) is 13.0. The van der Waals surface area contributed by atoms with E-state index in [4.69, 9.17) is 9.26 Å². The molecule has 0 saturated carbocycles. The lowest BCUT2D eigenvalue weighted by Gasteiger charge is -2.31. The molecule has 2 aromatic rings. The lowest BCUT2D eigenvalue weighted by atomic mass is 9.98. The Bertz CT molecular complexity index is 688. The highest BCUT2D eigenvalue weighted by molar-refractivity contribution is 5.71. The number of ether oxygens (including phenoxy) is 1. The number of carboxylic acid groups (broad SMARTS) is 1. The first-order valence-electron chi connectivity index (χ1n) is 7.43. The molecule has 1 aliphatic heterocycles. The molecule has 23 heavy (non-hydrogen) atoms. The SMILES string of the molecule is COCc1noc(-c2ccnc(N3CCCC(C(=O)O)C3)c2)n1. The molecule has 2 aromatic heterocycles. The van der Waals surface area contributed by atoms with E-state index in [1.165, 1.54) is 0 Å². The summed E-state index contributed by atoms with van der Waals surface area (Å²) in [6.07, 6.45) is 3.20. The van der Waals surface area contributed by atoms with Crippen LogP contribution < -0.4 is 4.90 Å². The van der Waals surface area contributed by atoms with Crippen LogP contribution in [0.15, 0.2) is 22.9 Å². The number of rotatable bonds is 5. The Kier molecular flexibility index (Phi) is 4.52. The van der Waals surface area contributed by atoms with Crippen LogP contribution in [0.4, 0.5) is 5.82 Å². The summed E-state index contributed by atoms with van der Waals surface area (Å²) in [5.41, 5.74) is 0.752. The number of anilines is 1. The van der Waals surface area contributed by atoms with E-state index >= 15 is 0 Å². The van der Waals surface area contributed by atoms with Gasteiger partial charge in [0.15, 0.2) is 5.82 Å². The minimum Gasteiger partial charge on any atom is -0.481 e. The van der Waals surface area contributed by atoms with Gasteiger partial charge in [0, 0.05) is 32.0 Å². The predicted octanol–water partition coefficient (Wildman–Crippen LogP) is 1.58. The highest BCUT2D eigenvalue weighted by Gasteiger charge is 2.26. The minimum atomic E-state index is -0.757. The van der Waals surface area contributed by atoms with Crippen LogP contribution in [0.5, 0.6) is 0 Å². The van der Waals surface area contributed by atoms with Crippen molar-refractivity contribution >= 4 is 11.8 Å². The Labute approximate surface area is 133 Å². The molecule has 1 unspecified atom stereocenters. The van der Waals surface area contributed by atoms with Gasteiger partial charge < -0.3 is 19.3 Å². The zero-order valence-corrected chi connectivity index (χ0v) is 12.8. The number of carboxylic acids is 1. The number of nitrogens with zero attached hydrogens (tertiary/aromatic N) is 4. The molecule has 122 valence electrons. The largest absolute Gasteiger partial charge is 0.481 e. The first kappa shape index (κ1) is 15.4. The fraction of sp³-hybridized carbons (Fsp3) is 0.467. The van der Waals surface area contributed by atoms with Crippen molar-refractivity contribution in [3.63, 3.8) is 0 Å². The molecule has 1 aliphatic rings. The zero-order valence-electron chi connectivity index (χ0n) is 12.8. The second kappa shape index (κ2) is 6.74. The number of pyridine rings is 1. The van der Waals surface area contributed by atoms with E-state index in [0.29, 0.717) is 24.7 Å². The Morgan fingerprint density at radius 1 is 1.57 bits per heavy atom. The Morgan fingerprint density at radius 3 is 3.22 bits per heavy atom. The molecular weight excluding hydrogens is 300 g/mol. The maximum Gasteiger partial charge on any atom is 0.308 e. The molecule has 1 saturated heterocycles. The normalized spacial score (nSPS) is 18.1. The van der Waals surface area contributed by atoms with Gasteiger partial charge in [-0.3, -0.25) is 4.79 Å². The van der Waals surface area contributed by atoms with Gasteiger partial charge in [-0.1, -0.05) is 5.16 Å². The number of piperidine rings is 1. The van der Waals surface area contributed by atoms with Gasteiger partial charge in [0.25, 0.3) is 5.89 Å². The Balaban J connectivity index is 1.80. The number of hydrogen-bond donors (Lipinski definition) is 1. The van der Waals surface area contributed by atoms with Crippen molar-refractivity contribution < 1.29 is 19.2 Å². The second-order valence-electron chi connectivity index (χ2n) is 5.47. The third-order valence-electron chi connectivity index (χ3n) is 3.83. The number of carbonyl (C=O) groups is 1. The van der Waals surface area contributed by atoms with Crippen LogP contribution in [0.3, 0.4) is 0 Å². The van der Waals surface area contributed by atoms with Gasteiger partial charge in [-0.25, -0.2) is 4.98 Å². The minimum absolute atomic E-state index is 0.286. The van der Waals surface area contributed by atoms with E-state index in [9.17, 15) is 9.90 Å². The Morgan fingerprint density at radius 2 is 2.43 bits per heavy atom. The molecule has 0 aliphatic carbocycles. The van der Waals surface area contributed by atoms with E-state index in [-0.39, 0.29) is 12.5 Å². The monoisotopic (exact) mass is 318 g/mol. The van der Waals surface area contributed by atoms with Crippen molar-refractivity contribution in [2.45, 2.75) is 19.4 Å². The smallest absolute Gasteiger partial charge is 0.308 e. The van der Waals surface area contributed by atoms with Crippen LogP contribution in [-0.2, 0) is 16.1 Å². The van der Waals surface area contributed by atoms with Crippen molar-refractivity contribution in [2.24, 2.45) is 5.92 Å². The van der Waals surface area contributed by atoms with Crippen molar-refractivity contribution in [1.29, 1.82) is 0 Å². The van der Waals surface area contributed by atoms with Gasteiger partial charge in [0.05, 0.1) is 5.92 Å². The van der Waals surface area contributed by atoms with E-state index in [1.807, 2.05) is 11.0 Å². The van der Waals surface area contributed by atoms with Crippen LogP contribution in [0, 0.1) is 5.92 Å². The van der Waals surface area contributed by atoms with E-state index in [2.05, 4.69) is 15.1 Å². The van der Waals surface area contributed by atoms with Gasteiger partial charge >= 0.3 is 5.97 Å². The number of hydrogen-bond acceptors (Lipinski definition) is 7. The molecule has 0 amide bonds. The standard InChI is InChI=1S/C15H18N4O4/c1-22-9-12-17-14(23-18-12)10-4-5-16-13(7-10)19-6-2-3-11(8-19)15(20)21/h4-5,7,11H,2-3,6,8-9H2,1H3,(H,20,21). The lowest BCUT2D eigenvalue weighted by molar-refractivity contribution is -0.141. The molecule has 0 radical (unpaired) electrons. The molecule has 0 spiro atoms. The average Bonchev–Trinajstić information content (AvgIpc) is 3.04.